The van der Waals surface area contributed by atoms with E-state index in [2.05, 4.69) is 9.71 Å². The summed E-state index contributed by atoms with van der Waals surface area (Å²) >= 11 is 0.983. The number of aryl methyl sites for hydroxylation is 1. The van der Waals surface area contributed by atoms with Gasteiger partial charge in [0.1, 0.15) is 15.5 Å². The highest BCUT2D eigenvalue weighted by molar-refractivity contribution is 7.91. The number of sulfonamides is 1. The lowest BCUT2D eigenvalue weighted by Gasteiger charge is -2.20. The summed E-state index contributed by atoms with van der Waals surface area (Å²) in [4.78, 5) is 16.7. The van der Waals surface area contributed by atoms with Gasteiger partial charge in [-0.05, 0) is 31.0 Å². The van der Waals surface area contributed by atoms with Gasteiger partial charge in [-0.2, -0.15) is 4.72 Å². The quantitative estimate of drug-likeness (QED) is 0.636. The molecule has 2 atom stereocenters. The number of nitrogens with one attached hydrogen (secondary N) is 1. The van der Waals surface area contributed by atoms with Crippen molar-refractivity contribution < 1.29 is 22.7 Å². The molecule has 4 rings (SSSR count). The normalized spacial score (nSPS) is 24.2. The highest BCUT2D eigenvalue weighted by Gasteiger charge is 2.72. The van der Waals surface area contributed by atoms with E-state index in [1.807, 2.05) is 30.3 Å². The van der Waals surface area contributed by atoms with E-state index in [4.69, 9.17) is 4.42 Å². The van der Waals surface area contributed by atoms with Crippen LogP contribution < -0.4 is 4.72 Å². The average molecular weight is 418 g/mol. The molecule has 0 aliphatic heterocycles. The Hall–Kier alpha value is -2.49. The lowest BCUT2D eigenvalue weighted by molar-refractivity contribution is -0.140. The van der Waals surface area contributed by atoms with Crippen LogP contribution in [0.15, 0.2) is 57.3 Å². The summed E-state index contributed by atoms with van der Waals surface area (Å²) in [6.45, 7) is 3.51. The van der Waals surface area contributed by atoms with Gasteiger partial charge in [0, 0.05) is 5.41 Å². The Kier molecular flexibility index (Phi) is 4.22. The third-order valence-corrected chi connectivity index (χ3v) is 8.26. The van der Waals surface area contributed by atoms with Gasteiger partial charge in [-0.15, -0.1) is 11.3 Å². The molecule has 0 amide bonds. The summed E-state index contributed by atoms with van der Waals surface area (Å²) in [6, 6.07) is 12.1. The van der Waals surface area contributed by atoms with Crippen molar-refractivity contribution in [3.8, 4) is 10.8 Å². The summed E-state index contributed by atoms with van der Waals surface area (Å²) in [5.41, 5.74) is -1.63. The molecule has 0 unspecified atom stereocenters. The molecule has 28 heavy (non-hydrogen) atoms. The maximum Gasteiger partial charge on any atom is 0.325 e. The molecule has 3 aromatic rings. The molecule has 0 radical (unpaired) electrons. The predicted molar refractivity (Wildman–Crippen MR) is 104 cm³/mol. The first-order chi connectivity index (χ1) is 13.2. The summed E-state index contributed by atoms with van der Waals surface area (Å²) in [7, 11) is -4.04. The predicted octanol–water partition coefficient (Wildman–Crippen LogP) is 3.17. The molecule has 1 aliphatic rings. The maximum atomic E-state index is 12.9. The molecule has 0 saturated heterocycles. The van der Waals surface area contributed by atoms with Gasteiger partial charge in [0.15, 0.2) is 0 Å². The minimum atomic E-state index is -4.04. The van der Waals surface area contributed by atoms with Crippen LogP contribution in [0.2, 0.25) is 0 Å². The number of rotatable bonds is 6. The fourth-order valence-electron chi connectivity index (χ4n) is 3.47. The number of hydrogen-bond donors (Lipinski definition) is 2. The summed E-state index contributed by atoms with van der Waals surface area (Å²) in [5.74, 6) is -0.243. The Morgan fingerprint density at radius 1 is 1.25 bits per heavy atom. The van der Waals surface area contributed by atoms with Crippen LogP contribution in [0.5, 0.6) is 0 Å². The van der Waals surface area contributed by atoms with E-state index in [1.165, 1.54) is 6.07 Å². The number of nitrogens with zero attached hydrogens (tertiary/aromatic N) is 1. The molecule has 1 aliphatic carbocycles. The van der Waals surface area contributed by atoms with Crippen molar-refractivity contribution in [1.29, 1.82) is 0 Å². The average Bonchev–Trinajstić information content (AvgIpc) is 3.04. The van der Waals surface area contributed by atoms with E-state index in [1.54, 1.807) is 26.1 Å². The molecule has 2 heterocycles. The van der Waals surface area contributed by atoms with Gasteiger partial charge in [0.25, 0.3) is 10.0 Å². The van der Waals surface area contributed by atoms with Crippen molar-refractivity contribution in [3.63, 3.8) is 0 Å². The molecular formula is C19H18N2O5S2. The lowest BCUT2D eigenvalue weighted by Crippen LogP contribution is -2.47. The van der Waals surface area contributed by atoms with Crippen molar-refractivity contribution in [2.24, 2.45) is 0 Å². The highest BCUT2D eigenvalue weighted by Crippen LogP contribution is 2.58. The number of carbonyl (C=O) groups is 1. The van der Waals surface area contributed by atoms with E-state index in [-0.39, 0.29) is 10.6 Å². The molecule has 1 aromatic carbocycles. The number of carboxylic acid groups (broad SMARTS) is 1. The SMILES string of the molecule is Cc1cnc(-c2ccc(S(=O)(=O)N[C@@]3(C(=O)O)C[C@]3(C)c3ccccc3)s2)o1. The van der Waals surface area contributed by atoms with E-state index in [0.29, 0.717) is 16.5 Å². The van der Waals surface area contributed by atoms with Crippen LogP contribution in [0.3, 0.4) is 0 Å². The van der Waals surface area contributed by atoms with Crippen LogP contribution in [0.25, 0.3) is 10.8 Å². The first-order valence-electron chi connectivity index (χ1n) is 8.53. The van der Waals surface area contributed by atoms with Crippen LogP contribution in [0.1, 0.15) is 24.7 Å². The Morgan fingerprint density at radius 3 is 2.57 bits per heavy atom. The van der Waals surface area contributed by atoms with Crippen LogP contribution in [0.4, 0.5) is 0 Å². The molecule has 7 nitrogen and oxygen atoms in total. The third-order valence-electron chi connectivity index (χ3n) is 5.20. The molecule has 0 bridgehead atoms. The van der Waals surface area contributed by atoms with Crippen molar-refractivity contribution in [2.45, 2.75) is 35.4 Å². The van der Waals surface area contributed by atoms with Crippen LogP contribution in [0, 0.1) is 6.92 Å². The number of thiophene rings is 1. The smallest absolute Gasteiger partial charge is 0.325 e. The van der Waals surface area contributed by atoms with Gasteiger partial charge in [-0.3, -0.25) is 4.79 Å². The summed E-state index contributed by atoms with van der Waals surface area (Å²) < 4.78 is 33.8. The molecule has 1 fully saturated rings. The number of benzene rings is 1. The second-order valence-electron chi connectivity index (χ2n) is 7.09. The second kappa shape index (κ2) is 6.26. The zero-order chi connectivity index (χ0) is 20.2. The van der Waals surface area contributed by atoms with Gasteiger partial charge < -0.3 is 9.52 Å². The monoisotopic (exact) mass is 418 g/mol. The topological polar surface area (TPSA) is 110 Å². The Morgan fingerprint density at radius 2 is 1.96 bits per heavy atom. The van der Waals surface area contributed by atoms with Gasteiger partial charge in [-0.25, -0.2) is 13.4 Å². The van der Waals surface area contributed by atoms with Crippen molar-refractivity contribution in [2.75, 3.05) is 0 Å². The number of carboxylic acids is 1. The van der Waals surface area contributed by atoms with E-state index in [9.17, 15) is 18.3 Å². The fourth-order valence-corrected chi connectivity index (χ4v) is 6.17. The summed E-state index contributed by atoms with van der Waals surface area (Å²) in [6.07, 6.45) is 1.73. The number of hydrogen-bond acceptors (Lipinski definition) is 6. The summed E-state index contributed by atoms with van der Waals surface area (Å²) in [5, 5.41) is 9.85. The van der Waals surface area contributed by atoms with E-state index >= 15 is 0 Å². The van der Waals surface area contributed by atoms with Crippen LogP contribution in [-0.4, -0.2) is 30.0 Å². The molecule has 146 valence electrons. The first-order valence-corrected chi connectivity index (χ1v) is 10.8. The van der Waals surface area contributed by atoms with Gasteiger partial charge in [0.05, 0.1) is 11.1 Å². The number of aliphatic carboxylic acids is 1. The standard InChI is InChI=1S/C19H18N2O5S2/c1-12-10-20-16(26-12)14-8-9-15(27-14)28(24,25)21-19(17(22)23)11-18(19,2)13-6-4-3-5-7-13/h3-10,21H,11H2,1-2H3,(H,22,23)/t18-,19-/m1/s1. The third kappa shape index (κ3) is 2.86. The molecule has 2 N–H and O–H groups in total. The molecule has 2 aromatic heterocycles. The van der Waals surface area contributed by atoms with Gasteiger partial charge in [0.2, 0.25) is 5.89 Å². The number of aromatic nitrogens is 1. The fraction of sp³-hybridized carbons (Fsp3) is 0.263. The lowest BCUT2D eigenvalue weighted by atomic mass is 9.93. The zero-order valence-electron chi connectivity index (χ0n) is 15.2. The first kappa shape index (κ1) is 18.9. The van der Waals surface area contributed by atoms with Crippen molar-refractivity contribution in [3.05, 3.63) is 60.0 Å². The molecule has 1 saturated carbocycles. The highest BCUT2D eigenvalue weighted by atomic mass is 32.2. The molecular weight excluding hydrogens is 400 g/mol. The Balaban J connectivity index is 1.65. The van der Waals surface area contributed by atoms with Crippen molar-refractivity contribution >= 4 is 27.3 Å². The van der Waals surface area contributed by atoms with E-state index in [0.717, 1.165) is 16.9 Å². The zero-order valence-corrected chi connectivity index (χ0v) is 16.8. The maximum absolute atomic E-state index is 12.9. The molecule has 9 heteroatoms. The van der Waals surface area contributed by atoms with Crippen molar-refractivity contribution in [1.82, 2.24) is 9.71 Å². The minimum absolute atomic E-state index is 0.0151. The van der Waals surface area contributed by atoms with Crippen LogP contribution >= 0.6 is 11.3 Å². The van der Waals surface area contributed by atoms with Gasteiger partial charge >= 0.3 is 5.97 Å². The number of oxazole rings is 1. The van der Waals surface area contributed by atoms with Gasteiger partial charge in [-0.1, -0.05) is 37.3 Å². The van der Waals surface area contributed by atoms with Crippen LogP contribution in [-0.2, 0) is 20.2 Å². The second-order valence-corrected chi connectivity index (χ2v) is 10.1. The van der Waals surface area contributed by atoms with E-state index < -0.39 is 26.9 Å². The Labute approximate surface area is 166 Å². The molecule has 0 spiro atoms. The Bertz CT molecular complexity index is 1150. The largest absolute Gasteiger partial charge is 0.480 e. The minimum Gasteiger partial charge on any atom is -0.480 e.